The van der Waals surface area contributed by atoms with Crippen molar-refractivity contribution in [1.82, 2.24) is 20.0 Å². The Morgan fingerprint density at radius 3 is 3.00 bits per heavy atom. The maximum Gasteiger partial charge on any atom is 0.322 e. The molecule has 3 heterocycles. The van der Waals surface area contributed by atoms with E-state index in [0.717, 1.165) is 18.2 Å². The van der Waals surface area contributed by atoms with Gasteiger partial charge in [-0.2, -0.15) is 4.98 Å². The minimum Gasteiger partial charge on any atom is -0.337 e. The van der Waals surface area contributed by atoms with E-state index in [2.05, 4.69) is 20.4 Å². The average molecular weight is 386 g/mol. The third kappa shape index (κ3) is 3.35. The van der Waals surface area contributed by atoms with E-state index in [1.165, 1.54) is 0 Å². The minimum absolute atomic E-state index is 0.180. The summed E-state index contributed by atoms with van der Waals surface area (Å²) in [5.74, 6) is 1.33. The van der Waals surface area contributed by atoms with Crippen molar-refractivity contribution in [2.24, 2.45) is 0 Å². The van der Waals surface area contributed by atoms with Crippen LogP contribution in [0, 0.1) is 0 Å². The van der Waals surface area contributed by atoms with Crippen LogP contribution in [0.5, 0.6) is 0 Å². The molecule has 0 bridgehead atoms. The summed E-state index contributed by atoms with van der Waals surface area (Å²) in [4.78, 5) is 23.4. The number of benzene rings is 1. The summed E-state index contributed by atoms with van der Waals surface area (Å²) >= 11 is 6.21. The third-order valence-electron chi connectivity index (χ3n) is 4.73. The van der Waals surface area contributed by atoms with Gasteiger partial charge in [0.05, 0.1) is 16.2 Å². The number of pyridine rings is 1. The molecular weight excluding hydrogens is 366 g/mol. The lowest BCUT2D eigenvalue weighted by atomic mass is 10.2. The second kappa shape index (κ2) is 7.15. The van der Waals surface area contributed by atoms with Gasteiger partial charge in [0.15, 0.2) is 5.82 Å². The quantitative estimate of drug-likeness (QED) is 0.702. The molecule has 1 N–H and O–H groups in total. The standard InChI is InChI=1S/C19H20ClN5O2/c1-11(2)17-23-18(27-24-17)15-6-4-10-25(15)19(26)22-14-8-7-13(20)16-12(14)5-3-9-21-16/h3,5,7-9,11,15H,4,6,10H2,1-2H3,(H,22,26)/t15-/m0/s1. The van der Waals surface area contributed by atoms with Crippen LogP contribution in [0.4, 0.5) is 10.5 Å². The SMILES string of the molecule is CC(C)c1noc([C@@H]2CCCN2C(=O)Nc2ccc(Cl)c3ncccc23)n1. The van der Waals surface area contributed by atoms with Crippen molar-refractivity contribution < 1.29 is 9.32 Å². The van der Waals surface area contributed by atoms with Crippen molar-refractivity contribution in [1.29, 1.82) is 0 Å². The van der Waals surface area contributed by atoms with Crippen LogP contribution in [0.1, 0.15) is 50.4 Å². The number of rotatable bonds is 3. The lowest BCUT2D eigenvalue weighted by Crippen LogP contribution is -2.34. The van der Waals surface area contributed by atoms with E-state index in [9.17, 15) is 4.79 Å². The van der Waals surface area contributed by atoms with Crippen molar-refractivity contribution in [3.8, 4) is 0 Å². The highest BCUT2D eigenvalue weighted by atomic mass is 35.5. The first kappa shape index (κ1) is 17.7. The second-order valence-corrected chi connectivity index (χ2v) is 7.33. The molecular formula is C19H20ClN5O2. The Kier molecular flexibility index (Phi) is 4.70. The number of anilines is 1. The molecule has 1 aliphatic heterocycles. The Bertz CT molecular complexity index is 987. The Hall–Kier alpha value is -2.67. The fourth-order valence-electron chi connectivity index (χ4n) is 3.32. The summed E-state index contributed by atoms with van der Waals surface area (Å²) in [7, 11) is 0. The topological polar surface area (TPSA) is 84.2 Å². The number of aromatic nitrogens is 3. The van der Waals surface area contributed by atoms with Crippen LogP contribution in [0.3, 0.4) is 0 Å². The molecule has 0 spiro atoms. The van der Waals surface area contributed by atoms with Gasteiger partial charge >= 0.3 is 6.03 Å². The van der Waals surface area contributed by atoms with Gasteiger partial charge in [-0.05, 0) is 37.1 Å². The summed E-state index contributed by atoms with van der Waals surface area (Å²) in [6.07, 6.45) is 3.37. The summed E-state index contributed by atoms with van der Waals surface area (Å²) in [6, 6.07) is 6.83. The number of carbonyl (C=O) groups excluding carboxylic acids is 1. The smallest absolute Gasteiger partial charge is 0.322 e. The fraction of sp³-hybridized carbons (Fsp3) is 0.368. The van der Waals surface area contributed by atoms with E-state index < -0.39 is 0 Å². The van der Waals surface area contributed by atoms with Gasteiger partial charge in [-0.25, -0.2) is 4.79 Å². The molecule has 27 heavy (non-hydrogen) atoms. The number of carbonyl (C=O) groups is 1. The molecule has 3 aromatic rings. The van der Waals surface area contributed by atoms with E-state index >= 15 is 0 Å². The minimum atomic E-state index is -0.207. The lowest BCUT2D eigenvalue weighted by molar-refractivity contribution is 0.193. The van der Waals surface area contributed by atoms with Gasteiger partial charge in [-0.15, -0.1) is 0 Å². The zero-order valence-corrected chi connectivity index (χ0v) is 15.9. The van der Waals surface area contributed by atoms with Gasteiger partial charge in [-0.3, -0.25) is 4.98 Å². The lowest BCUT2D eigenvalue weighted by Gasteiger charge is -2.22. The molecule has 1 atom stereocenters. The molecule has 7 nitrogen and oxygen atoms in total. The summed E-state index contributed by atoms with van der Waals surface area (Å²) in [6.45, 7) is 4.65. The van der Waals surface area contributed by atoms with Gasteiger partial charge in [0.2, 0.25) is 5.89 Å². The van der Waals surface area contributed by atoms with Crippen LogP contribution < -0.4 is 5.32 Å². The first-order valence-electron chi connectivity index (χ1n) is 8.99. The Balaban J connectivity index is 1.58. The predicted octanol–water partition coefficient (Wildman–Crippen LogP) is 4.76. The second-order valence-electron chi connectivity index (χ2n) is 6.92. The van der Waals surface area contributed by atoms with Gasteiger partial charge < -0.3 is 14.7 Å². The van der Waals surface area contributed by atoms with E-state index in [1.807, 2.05) is 26.0 Å². The van der Waals surface area contributed by atoms with E-state index in [4.69, 9.17) is 16.1 Å². The first-order chi connectivity index (χ1) is 13.0. The summed E-state index contributed by atoms with van der Waals surface area (Å²) in [5.41, 5.74) is 1.33. The van der Waals surface area contributed by atoms with Crippen LogP contribution in [0.15, 0.2) is 35.0 Å². The van der Waals surface area contributed by atoms with Crippen molar-refractivity contribution in [3.05, 3.63) is 47.2 Å². The Labute approximate surface area is 161 Å². The third-order valence-corrected chi connectivity index (χ3v) is 5.04. The van der Waals surface area contributed by atoms with E-state index in [-0.39, 0.29) is 18.0 Å². The normalized spacial score (nSPS) is 17.0. The van der Waals surface area contributed by atoms with Crippen molar-refractivity contribution in [2.45, 2.75) is 38.6 Å². The number of halogens is 1. The first-order valence-corrected chi connectivity index (χ1v) is 9.36. The molecule has 2 amide bonds. The summed E-state index contributed by atoms with van der Waals surface area (Å²) < 4.78 is 5.42. The van der Waals surface area contributed by atoms with Crippen molar-refractivity contribution in [2.75, 3.05) is 11.9 Å². The van der Waals surface area contributed by atoms with Gasteiger partial charge in [0, 0.05) is 24.0 Å². The molecule has 0 saturated carbocycles. The van der Waals surface area contributed by atoms with Crippen LogP contribution in [0.25, 0.3) is 10.9 Å². The highest BCUT2D eigenvalue weighted by Gasteiger charge is 2.34. The number of hydrogen-bond donors (Lipinski definition) is 1. The van der Waals surface area contributed by atoms with E-state index in [1.54, 1.807) is 23.2 Å². The molecule has 0 radical (unpaired) electrons. The van der Waals surface area contributed by atoms with Crippen molar-refractivity contribution in [3.63, 3.8) is 0 Å². The summed E-state index contributed by atoms with van der Waals surface area (Å²) in [5, 5.41) is 8.35. The number of hydrogen-bond acceptors (Lipinski definition) is 5. The molecule has 2 aromatic heterocycles. The zero-order valence-electron chi connectivity index (χ0n) is 15.1. The Morgan fingerprint density at radius 2 is 2.22 bits per heavy atom. The molecule has 4 rings (SSSR count). The maximum absolute atomic E-state index is 12.9. The monoisotopic (exact) mass is 385 g/mol. The molecule has 1 saturated heterocycles. The maximum atomic E-state index is 12.9. The number of amides is 2. The van der Waals surface area contributed by atoms with Gasteiger partial charge in [0.25, 0.3) is 0 Å². The van der Waals surface area contributed by atoms with Crippen molar-refractivity contribution >= 4 is 34.2 Å². The Morgan fingerprint density at radius 1 is 1.37 bits per heavy atom. The highest BCUT2D eigenvalue weighted by Crippen LogP contribution is 2.33. The number of nitrogens with one attached hydrogen (secondary N) is 1. The molecule has 0 aliphatic carbocycles. The van der Waals surface area contributed by atoms with Gasteiger partial charge in [0.1, 0.15) is 6.04 Å². The molecule has 1 fully saturated rings. The fourth-order valence-corrected chi connectivity index (χ4v) is 3.53. The number of urea groups is 1. The molecule has 140 valence electrons. The van der Waals surface area contributed by atoms with Gasteiger partial charge in [-0.1, -0.05) is 30.6 Å². The number of nitrogens with zero attached hydrogens (tertiary/aromatic N) is 4. The zero-order chi connectivity index (χ0) is 19.0. The number of fused-ring (bicyclic) bond motifs is 1. The van der Waals surface area contributed by atoms with Crippen LogP contribution in [0.2, 0.25) is 5.02 Å². The average Bonchev–Trinajstić information content (AvgIpc) is 3.33. The van der Waals surface area contributed by atoms with Crippen LogP contribution in [-0.2, 0) is 0 Å². The molecule has 1 aliphatic rings. The largest absolute Gasteiger partial charge is 0.337 e. The molecule has 0 unspecified atom stereocenters. The van der Waals surface area contributed by atoms with Crippen LogP contribution in [-0.4, -0.2) is 32.6 Å². The van der Waals surface area contributed by atoms with Crippen LogP contribution >= 0.6 is 11.6 Å². The molecule has 8 heteroatoms. The predicted molar refractivity (Wildman–Crippen MR) is 103 cm³/mol. The highest BCUT2D eigenvalue weighted by molar-refractivity contribution is 6.35. The number of likely N-dealkylation sites (tertiary alicyclic amines) is 1. The molecule has 1 aromatic carbocycles. The van der Waals surface area contributed by atoms with E-state index in [0.29, 0.717) is 34.5 Å².